The third kappa shape index (κ3) is 3.00. The summed E-state index contributed by atoms with van der Waals surface area (Å²) >= 11 is 0. The summed E-state index contributed by atoms with van der Waals surface area (Å²) in [4.78, 5) is 0. The number of hydrogen-bond donors (Lipinski definition) is 1. The van der Waals surface area contributed by atoms with Crippen LogP contribution < -0.4 is 5.32 Å². The van der Waals surface area contributed by atoms with Gasteiger partial charge in [-0.1, -0.05) is 0 Å². The number of aromatic nitrogens is 4. The standard InChI is InChI=1S/C10H15N5.ClH/c1-3-15-7-9(5-13-15)4-11-10-6-12-14(2)8-10;/h5-8,11H,3-4H2,1-2H3;1H. The Balaban J connectivity index is 0.00000128. The van der Waals surface area contributed by atoms with E-state index in [4.69, 9.17) is 0 Å². The molecule has 1 N–H and O–H groups in total. The Labute approximate surface area is 101 Å². The molecule has 0 aliphatic rings. The topological polar surface area (TPSA) is 47.7 Å². The van der Waals surface area contributed by atoms with Gasteiger partial charge in [0, 0.05) is 38.1 Å². The minimum absolute atomic E-state index is 0. The van der Waals surface area contributed by atoms with Gasteiger partial charge in [0.1, 0.15) is 0 Å². The van der Waals surface area contributed by atoms with Gasteiger partial charge in [-0.2, -0.15) is 10.2 Å². The molecule has 0 fully saturated rings. The van der Waals surface area contributed by atoms with Crippen LogP contribution >= 0.6 is 12.4 Å². The molecular weight excluding hydrogens is 226 g/mol. The Morgan fingerprint density at radius 2 is 2.06 bits per heavy atom. The molecule has 0 aliphatic carbocycles. The molecule has 0 spiro atoms. The van der Waals surface area contributed by atoms with Crippen molar-refractivity contribution in [1.29, 1.82) is 0 Å². The average Bonchev–Trinajstić information content (AvgIpc) is 2.83. The largest absolute Gasteiger partial charge is 0.378 e. The molecule has 5 nitrogen and oxygen atoms in total. The van der Waals surface area contributed by atoms with Gasteiger partial charge in [-0.25, -0.2) is 0 Å². The van der Waals surface area contributed by atoms with Crippen molar-refractivity contribution in [2.75, 3.05) is 5.32 Å². The number of hydrogen-bond acceptors (Lipinski definition) is 3. The van der Waals surface area contributed by atoms with Crippen LogP contribution in [-0.2, 0) is 20.1 Å². The third-order valence-corrected chi connectivity index (χ3v) is 2.21. The molecule has 0 unspecified atom stereocenters. The zero-order valence-corrected chi connectivity index (χ0v) is 10.2. The van der Waals surface area contributed by atoms with Crippen LogP contribution in [0, 0.1) is 0 Å². The summed E-state index contributed by atoms with van der Waals surface area (Å²) in [6.45, 7) is 3.77. The van der Waals surface area contributed by atoms with Crippen LogP contribution in [0.2, 0.25) is 0 Å². The van der Waals surface area contributed by atoms with E-state index in [1.54, 1.807) is 4.68 Å². The molecule has 2 heterocycles. The van der Waals surface area contributed by atoms with Crippen LogP contribution in [0.15, 0.2) is 24.8 Å². The highest BCUT2D eigenvalue weighted by Crippen LogP contribution is 2.06. The van der Waals surface area contributed by atoms with E-state index in [1.165, 1.54) is 5.56 Å². The van der Waals surface area contributed by atoms with E-state index in [1.807, 2.05) is 36.5 Å². The highest BCUT2D eigenvalue weighted by atomic mass is 35.5. The Bertz CT molecular complexity index is 434. The Kier molecular flexibility index (Phi) is 4.37. The van der Waals surface area contributed by atoms with Crippen molar-refractivity contribution >= 4 is 18.1 Å². The van der Waals surface area contributed by atoms with Gasteiger partial charge in [0.05, 0.1) is 18.1 Å². The summed E-state index contributed by atoms with van der Waals surface area (Å²) in [6.07, 6.45) is 7.69. The van der Waals surface area contributed by atoms with Crippen molar-refractivity contribution in [2.24, 2.45) is 7.05 Å². The number of nitrogens with one attached hydrogen (secondary N) is 1. The molecule has 0 aromatic carbocycles. The molecule has 0 amide bonds. The maximum atomic E-state index is 4.21. The SMILES string of the molecule is CCn1cc(CNc2cnn(C)c2)cn1.Cl. The predicted molar refractivity (Wildman–Crippen MR) is 65.7 cm³/mol. The van der Waals surface area contributed by atoms with Gasteiger partial charge in [-0.05, 0) is 6.92 Å². The van der Waals surface area contributed by atoms with E-state index in [0.717, 1.165) is 18.8 Å². The quantitative estimate of drug-likeness (QED) is 0.886. The molecule has 0 atom stereocenters. The zero-order chi connectivity index (χ0) is 10.7. The normalized spacial score (nSPS) is 9.88. The fourth-order valence-corrected chi connectivity index (χ4v) is 1.39. The summed E-state index contributed by atoms with van der Waals surface area (Å²) in [6, 6.07) is 0. The van der Waals surface area contributed by atoms with Gasteiger partial charge in [-0.3, -0.25) is 9.36 Å². The maximum absolute atomic E-state index is 4.21. The van der Waals surface area contributed by atoms with Gasteiger partial charge < -0.3 is 5.32 Å². The van der Waals surface area contributed by atoms with Crippen molar-refractivity contribution in [1.82, 2.24) is 19.6 Å². The second-order valence-electron chi connectivity index (χ2n) is 3.46. The molecule has 0 bridgehead atoms. The fraction of sp³-hybridized carbons (Fsp3) is 0.400. The summed E-state index contributed by atoms with van der Waals surface area (Å²) in [5, 5.41) is 11.6. The highest BCUT2D eigenvalue weighted by Gasteiger charge is 1.98. The lowest BCUT2D eigenvalue weighted by Crippen LogP contribution is -1.97. The number of nitrogens with zero attached hydrogens (tertiary/aromatic N) is 4. The summed E-state index contributed by atoms with van der Waals surface area (Å²) < 4.78 is 3.69. The lowest BCUT2D eigenvalue weighted by molar-refractivity contribution is 0.659. The number of rotatable bonds is 4. The molecule has 2 aromatic rings. The fourth-order valence-electron chi connectivity index (χ4n) is 1.39. The van der Waals surface area contributed by atoms with Gasteiger partial charge in [0.25, 0.3) is 0 Å². The van der Waals surface area contributed by atoms with E-state index < -0.39 is 0 Å². The van der Waals surface area contributed by atoms with Gasteiger partial charge in [0.15, 0.2) is 0 Å². The van der Waals surface area contributed by atoms with Crippen LogP contribution in [-0.4, -0.2) is 19.6 Å². The molecule has 6 heteroatoms. The van der Waals surface area contributed by atoms with E-state index >= 15 is 0 Å². The van der Waals surface area contributed by atoms with Gasteiger partial charge in [-0.15, -0.1) is 12.4 Å². The van der Waals surface area contributed by atoms with Crippen LogP contribution in [0.3, 0.4) is 0 Å². The Morgan fingerprint density at radius 3 is 2.62 bits per heavy atom. The van der Waals surface area contributed by atoms with Crippen LogP contribution in [0.5, 0.6) is 0 Å². The molecule has 2 rings (SSSR count). The third-order valence-electron chi connectivity index (χ3n) is 2.21. The minimum Gasteiger partial charge on any atom is -0.378 e. The van der Waals surface area contributed by atoms with Crippen LogP contribution in [0.4, 0.5) is 5.69 Å². The van der Waals surface area contributed by atoms with Gasteiger partial charge in [0.2, 0.25) is 0 Å². The lowest BCUT2D eigenvalue weighted by atomic mass is 10.3. The van der Waals surface area contributed by atoms with E-state index in [2.05, 4.69) is 22.4 Å². The van der Waals surface area contributed by atoms with E-state index in [0.29, 0.717) is 0 Å². The first-order chi connectivity index (χ1) is 7.28. The van der Waals surface area contributed by atoms with Gasteiger partial charge >= 0.3 is 0 Å². The molecule has 0 saturated heterocycles. The lowest BCUT2D eigenvalue weighted by Gasteiger charge is -1.99. The Morgan fingerprint density at radius 1 is 1.25 bits per heavy atom. The van der Waals surface area contributed by atoms with Crippen molar-refractivity contribution in [3.8, 4) is 0 Å². The molecule has 0 aliphatic heterocycles. The summed E-state index contributed by atoms with van der Waals surface area (Å²) in [5.41, 5.74) is 2.21. The average molecular weight is 242 g/mol. The maximum Gasteiger partial charge on any atom is 0.0729 e. The van der Waals surface area contributed by atoms with Crippen molar-refractivity contribution < 1.29 is 0 Å². The molecule has 88 valence electrons. The molecule has 0 saturated carbocycles. The van der Waals surface area contributed by atoms with Crippen molar-refractivity contribution in [3.63, 3.8) is 0 Å². The van der Waals surface area contributed by atoms with Crippen molar-refractivity contribution in [2.45, 2.75) is 20.0 Å². The minimum atomic E-state index is 0. The summed E-state index contributed by atoms with van der Waals surface area (Å²) in [7, 11) is 1.90. The molecule has 2 aromatic heterocycles. The Hall–Kier alpha value is -1.49. The summed E-state index contributed by atoms with van der Waals surface area (Å²) in [5.74, 6) is 0. The number of aryl methyl sites for hydroxylation is 2. The predicted octanol–water partition coefficient (Wildman–Crippen LogP) is 1.67. The molecular formula is C10H16ClN5. The first-order valence-electron chi connectivity index (χ1n) is 5.02. The number of anilines is 1. The second kappa shape index (κ2) is 5.55. The molecule has 16 heavy (non-hydrogen) atoms. The van der Waals surface area contributed by atoms with Crippen LogP contribution in [0.1, 0.15) is 12.5 Å². The van der Waals surface area contributed by atoms with E-state index in [9.17, 15) is 0 Å². The highest BCUT2D eigenvalue weighted by molar-refractivity contribution is 5.85. The number of halogens is 1. The zero-order valence-electron chi connectivity index (χ0n) is 9.42. The van der Waals surface area contributed by atoms with Crippen LogP contribution in [0.25, 0.3) is 0 Å². The monoisotopic (exact) mass is 241 g/mol. The second-order valence-corrected chi connectivity index (χ2v) is 3.46. The first kappa shape index (κ1) is 12.6. The van der Waals surface area contributed by atoms with Crippen molar-refractivity contribution in [3.05, 3.63) is 30.4 Å². The van der Waals surface area contributed by atoms with E-state index in [-0.39, 0.29) is 12.4 Å². The first-order valence-corrected chi connectivity index (χ1v) is 5.02. The molecule has 0 radical (unpaired) electrons. The smallest absolute Gasteiger partial charge is 0.0729 e.